The van der Waals surface area contributed by atoms with Crippen LogP contribution in [0.5, 0.6) is 0 Å². The first-order valence-electron chi connectivity index (χ1n) is 8.83. The number of hydrogen-bond donors (Lipinski definition) is 1. The zero-order chi connectivity index (χ0) is 19.3. The molecule has 0 unspecified atom stereocenters. The average Bonchev–Trinajstić information content (AvgIpc) is 3.38. The summed E-state index contributed by atoms with van der Waals surface area (Å²) in [7, 11) is 0. The van der Waals surface area contributed by atoms with E-state index in [4.69, 9.17) is 16.0 Å². The van der Waals surface area contributed by atoms with Crippen molar-refractivity contribution in [2.45, 2.75) is 13.0 Å². The molecule has 4 aromatic rings. The minimum absolute atomic E-state index is 0.198. The fraction of sp³-hybridized carbons (Fsp3) is 0.150. The van der Waals surface area contributed by atoms with Gasteiger partial charge in [-0.05, 0) is 18.2 Å². The van der Waals surface area contributed by atoms with Crippen LogP contribution in [0.1, 0.15) is 21.8 Å². The average molecular weight is 395 g/mol. The third-order valence-electron chi connectivity index (χ3n) is 4.94. The van der Waals surface area contributed by atoms with Gasteiger partial charge in [-0.3, -0.25) is 14.7 Å². The fourth-order valence-electron chi connectivity index (χ4n) is 3.53. The molecule has 0 atom stereocenters. The number of amides is 1. The molecule has 1 aromatic carbocycles. The van der Waals surface area contributed by atoms with E-state index in [2.05, 4.69) is 10.1 Å². The molecule has 140 valence electrons. The molecule has 0 radical (unpaired) electrons. The summed E-state index contributed by atoms with van der Waals surface area (Å²) in [4.78, 5) is 31.8. The van der Waals surface area contributed by atoms with Gasteiger partial charge in [0.05, 0.1) is 29.8 Å². The molecule has 1 N–H and O–H groups in total. The van der Waals surface area contributed by atoms with Crippen molar-refractivity contribution in [2.75, 3.05) is 6.54 Å². The van der Waals surface area contributed by atoms with Crippen LogP contribution in [0.15, 0.2) is 57.9 Å². The third-order valence-corrected chi connectivity index (χ3v) is 5.27. The number of nitrogens with one attached hydrogen (secondary N) is 1. The van der Waals surface area contributed by atoms with Crippen LogP contribution in [-0.4, -0.2) is 31.9 Å². The lowest BCUT2D eigenvalue weighted by Gasteiger charge is -2.26. The predicted molar refractivity (Wildman–Crippen MR) is 103 cm³/mol. The van der Waals surface area contributed by atoms with E-state index in [0.29, 0.717) is 34.9 Å². The van der Waals surface area contributed by atoms with Crippen LogP contribution in [0.25, 0.3) is 16.9 Å². The number of carbonyl (C=O) groups excluding carboxylic acids is 1. The van der Waals surface area contributed by atoms with Gasteiger partial charge in [-0.25, -0.2) is 9.50 Å². The summed E-state index contributed by atoms with van der Waals surface area (Å²) in [5.41, 5.74) is 3.05. The summed E-state index contributed by atoms with van der Waals surface area (Å²) in [5.74, 6) is 0.0295. The standard InChI is InChI=1S/C20H15ClN4O3/c21-14-5-2-1-4-12(14)16-10-18-22-15-7-8-24(20(27)17-6-3-9-28-17)11-13(15)19(26)25(18)23-16/h1-6,9-10,23H,7-8,11H2. The number of aromatic nitrogens is 3. The summed E-state index contributed by atoms with van der Waals surface area (Å²) < 4.78 is 6.59. The predicted octanol–water partition coefficient (Wildman–Crippen LogP) is 3.13. The minimum Gasteiger partial charge on any atom is -0.459 e. The van der Waals surface area contributed by atoms with Gasteiger partial charge in [0.15, 0.2) is 11.4 Å². The molecule has 4 heterocycles. The topological polar surface area (TPSA) is 83.6 Å². The molecule has 3 aromatic heterocycles. The second-order valence-electron chi connectivity index (χ2n) is 6.64. The number of aromatic amines is 1. The van der Waals surface area contributed by atoms with Crippen molar-refractivity contribution < 1.29 is 9.21 Å². The number of benzene rings is 1. The molecule has 28 heavy (non-hydrogen) atoms. The Morgan fingerprint density at radius 3 is 2.86 bits per heavy atom. The van der Waals surface area contributed by atoms with Crippen LogP contribution in [-0.2, 0) is 13.0 Å². The molecule has 5 rings (SSSR count). The van der Waals surface area contributed by atoms with E-state index < -0.39 is 0 Å². The first-order valence-corrected chi connectivity index (χ1v) is 9.21. The maximum absolute atomic E-state index is 13.1. The van der Waals surface area contributed by atoms with Gasteiger partial charge in [-0.15, -0.1) is 0 Å². The molecule has 0 saturated carbocycles. The second-order valence-corrected chi connectivity index (χ2v) is 7.05. The van der Waals surface area contributed by atoms with Crippen LogP contribution >= 0.6 is 11.6 Å². The Hall–Kier alpha value is -3.32. The molecule has 0 spiro atoms. The monoisotopic (exact) mass is 394 g/mol. The number of nitrogens with zero attached hydrogens (tertiary/aromatic N) is 3. The summed E-state index contributed by atoms with van der Waals surface area (Å²) in [5, 5.41) is 3.66. The third kappa shape index (κ3) is 2.63. The van der Waals surface area contributed by atoms with E-state index in [9.17, 15) is 9.59 Å². The normalized spacial score (nSPS) is 13.7. The van der Waals surface area contributed by atoms with Crippen molar-refractivity contribution in [3.63, 3.8) is 0 Å². The van der Waals surface area contributed by atoms with E-state index in [0.717, 1.165) is 11.3 Å². The Labute approximate surface area is 164 Å². The van der Waals surface area contributed by atoms with Gasteiger partial charge >= 0.3 is 0 Å². The molecule has 0 bridgehead atoms. The lowest BCUT2D eigenvalue weighted by atomic mass is 10.1. The van der Waals surface area contributed by atoms with Crippen molar-refractivity contribution in [1.82, 2.24) is 19.5 Å². The number of carbonyl (C=O) groups is 1. The van der Waals surface area contributed by atoms with Gasteiger partial charge in [-0.2, -0.15) is 0 Å². The highest BCUT2D eigenvalue weighted by molar-refractivity contribution is 6.33. The number of fused-ring (bicyclic) bond motifs is 2. The van der Waals surface area contributed by atoms with E-state index >= 15 is 0 Å². The van der Waals surface area contributed by atoms with Gasteiger partial charge in [0.25, 0.3) is 11.5 Å². The molecule has 0 aliphatic carbocycles. The van der Waals surface area contributed by atoms with Crippen molar-refractivity contribution in [2.24, 2.45) is 0 Å². The van der Waals surface area contributed by atoms with Crippen LogP contribution < -0.4 is 5.56 Å². The molecule has 1 amide bonds. The van der Waals surface area contributed by atoms with E-state index in [1.807, 2.05) is 24.3 Å². The lowest BCUT2D eigenvalue weighted by Crippen LogP contribution is -2.40. The Balaban J connectivity index is 1.56. The number of furan rings is 1. The Bertz CT molecular complexity index is 1260. The summed E-state index contributed by atoms with van der Waals surface area (Å²) in [6.45, 7) is 0.682. The largest absolute Gasteiger partial charge is 0.459 e. The highest BCUT2D eigenvalue weighted by atomic mass is 35.5. The van der Waals surface area contributed by atoms with Gasteiger partial charge in [0, 0.05) is 29.6 Å². The molecule has 0 saturated heterocycles. The lowest BCUT2D eigenvalue weighted by molar-refractivity contribution is 0.0700. The number of rotatable bonds is 2. The second kappa shape index (κ2) is 6.38. The number of halogens is 1. The van der Waals surface area contributed by atoms with Gasteiger partial charge < -0.3 is 9.32 Å². The van der Waals surface area contributed by atoms with E-state index in [1.165, 1.54) is 10.8 Å². The molecular weight excluding hydrogens is 380 g/mol. The Morgan fingerprint density at radius 2 is 2.07 bits per heavy atom. The smallest absolute Gasteiger partial charge is 0.289 e. The Morgan fingerprint density at radius 1 is 1.21 bits per heavy atom. The summed E-state index contributed by atoms with van der Waals surface area (Å²) >= 11 is 6.28. The molecule has 1 aliphatic rings. The maximum atomic E-state index is 13.1. The number of hydrogen-bond acceptors (Lipinski definition) is 4. The molecule has 8 heteroatoms. The zero-order valence-corrected chi connectivity index (χ0v) is 15.4. The molecule has 1 aliphatic heterocycles. The fourth-order valence-corrected chi connectivity index (χ4v) is 3.77. The van der Waals surface area contributed by atoms with Crippen molar-refractivity contribution >= 4 is 23.2 Å². The van der Waals surface area contributed by atoms with Gasteiger partial charge in [0.2, 0.25) is 0 Å². The van der Waals surface area contributed by atoms with E-state index in [1.54, 1.807) is 23.1 Å². The quantitative estimate of drug-likeness (QED) is 0.566. The highest BCUT2D eigenvalue weighted by Crippen LogP contribution is 2.27. The first kappa shape index (κ1) is 16.8. The molecule has 0 fully saturated rings. The highest BCUT2D eigenvalue weighted by Gasteiger charge is 2.27. The van der Waals surface area contributed by atoms with Crippen molar-refractivity contribution in [3.8, 4) is 11.3 Å². The van der Waals surface area contributed by atoms with Crippen molar-refractivity contribution in [1.29, 1.82) is 0 Å². The van der Waals surface area contributed by atoms with Crippen LogP contribution in [0.4, 0.5) is 0 Å². The first-order chi connectivity index (χ1) is 13.6. The van der Waals surface area contributed by atoms with Crippen LogP contribution in [0.3, 0.4) is 0 Å². The Kier molecular flexibility index (Phi) is 3.84. The summed E-state index contributed by atoms with van der Waals surface area (Å²) in [6, 6.07) is 12.5. The maximum Gasteiger partial charge on any atom is 0.289 e. The number of H-pyrrole nitrogens is 1. The summed E-state index contributed by atoms with van der Waals surface area (Å²) in [6.07, 6.45) is 1.97. The van der Waals surface area contributed by atoms with Gasteiger partial charge in [-0.1, -0.05) is 29.8 Å². The molecular formula is C20H15ClN4O3. The SMILES string of the molecule is O=C(c1ccco1)N1CCc2nc3cc(-c4ccccc4Cl)[nH]n3c(=O)c2C1. The van der Waals surface area contributed by atoms with E-state index in [-0.39, 0.29) is 23.8 Å². The zero-order valence-electron chi connectivity index (χ0n) is 14.7. The van der Waals surface area contributed by atoms with Gasteiger partial charge in [0.1, 0.15) is 0 Å². The minimum atomic E-state index is -0.233. The molecule has 7 nitrogen and oxygen atoms in total. The van der Waals surface area contributed by atoms with Crippen LogP contribution in [0.2, 0.25) is 5.02 Å². The van der Waals surface area contributed by atoms with Crippen LogP contribution in [0, 0.1) is 0 Å². The van der Waals surface area contributed by atoms with Crippen molar-refractivity contribution in [3.05, 3.63) is 81.1 Å².